The molecule has 8 heteroatoms. The molecule has 0 unspecified atom stereocenters. The molecule has 204 valence electrons. The first-order valence-electron chi connectivity index (χ1n) is 13.4. The zero-order chi connectivity index (χ0) is 27.9. The van der Waals surface area contributed by atoms with Crippen LogP contribution in [-0.2, 0) is 15.1 Å². The van der Waals surface area contributed by atoms with E-state index in [0.29, 0.717) is 17.7 Å². The Hall–Kier alpha value is -3.46. The van der Waals surface area contributed by atoms with E-state index in [1.165, 1.54) is 5.19 Å². The topological polar surface area (TPSA) is 88.1 Å². The lowest BCUT2D eigenvalue weighted by atomic mass is 9.82. The molecule has 5 rings (SSSR count). The molecule has 2 aliphatic rings. The van der Waals surface area contributed by atoms with Gasteiger partial charge in [-0.15, -0.1) is 0 Å². The maximum absolute atomic E-state index is 14.0. The van der Waals surface area contributed by atoms with Crippen LogP contribution in [0.25, 0.3) is 0 Å². The summed E-state index contributed by atoms with van der Waals surface area (Å²) in [4.78, 5) is 28.6. The lowest BCUT2D eigenvalue weighted by Gasteiger charge is -2.37. The molecule has 39 heavy (non-hydrogen) atoms. The minimum absolute atomic E-state index is 0.0267. The number of likely N-dealkylation sites (N-methyl/N-ethyl adjacent to an activating group) is 1. The van der Waals surface area contributed by atoms with Crippen molar-refractivity contribution in [2.45, 2.75) is 43.7 Å². The Morgan fingerprint density at radius 3 is 2.44 bits per heavy atom. The van der Waals surface area contributed by atoms with E-state index in [1.807, 2.05) is 48.5 Å². The molecule has 7 nitrogen and oxygen atoms in total. The predicted octanol–water partition coefficient (Wildman–Crippen LogP) is 4.52. The lowest BCUT2D eigenvalue weighted by Crippen LogP contribution is -2.51. The van der Waals surface area contributed by atoms with Crippen LogP contribution < -0.4 is 20.1 Å². The van der Waals surface area contributed by atoms with E-state index in [1.54, 1.807) is 31.2 Å². The third-order valence-corrected chi connectivity index (χ3v) is 13.0. The number of amides is 2. The van der Waals surface area contributed by atoms with Crippen molar-refractivity contribution in [2.24, 2.45) is 5.92 Å². The second kappa shape index (κ2) is 10.3. The van der Waals surface area contributed by atoms with Crippen molar-refractivity contribution < 1.29 is 24.2 Å². The number of ether oxygens (including phenoxy) is 2. The summed E-state index contributed by atoms with van der Waals surface area (Å²) in [6.45, 7) is 6.70. The SMILES string of the molecule is COc1ccc([Si](C)(C)[C@H]2[C@H](CCO)O[C@@]3(C(=O)N(C)c4ccc(NC(=O)c5ccccc5)cc43)[C@@H]2C)cc1. The summed E-state index contributed by atoms with van der Waals surface area (Å²) in [5, 5.41) is 14.2. The molecule has 1 spiro atoms. The smallest absolute Gasteiger partial charge is 0.264 e. The minimum Gasteiger partial charge on any atom is -0.497 e. The van der Waals surface area contributed by atoms with Gasteiger partial charge >= 0.3 is 0 Å². The molecule has 2 heterocycles. The van der Waals surface area contributed by atoms with Crippen LogP contribution in [0.1, 0.15) is 29.3 Å². The van der Waals surface area contributed by atoms with Gasteiger partial charge in [-0.25, -0.2) is 0 Å². The summed E-state index contributed by atoms with van der Waals surface area (Å²) in [7, 11) is 1.20. The first-order valence-corrected chi connectivity index (χ1v) is 16.4. The molecule has 0 bridgehead atoms. The van der Waals surface area contributed by atoms with Crippen LogP contribution in [-0.4, -0.2) is 51.9 Å². The molecule has 4 atom stereocenters. The van der Waals surface area contributed by atoms with Crippen molar-refractivity contribution in [1.82, 2.24) is 0 Å². The number of carbonyl (C=O) groups excluding carboxylic acids is 2. The van der Waals surface area contributed by atoms with Gasteiger partial charge in [0.25, 0.3) is 11.8 Å². The largest absolute Gasteiger partial charge is 0.497 e. The summed E-state index contributed by atoms with van der Waals surface area (Å²) < 4.78 is 12.2. The van der Waals surface area contributed by atoms with E-state index >= 15 is 0 Å². The van der Waals surface area contributed by atoms with Gasteiger partial charge in [0, 0.05) is 36.4 Å². The zero-order valence-electron chi connectivity index (χ0n) is 23.1. The van der Waals surface area contributed by atoms with Crippen molar-refractivity contribution in [1.29, 1.82) is 0 Å². The number of aliphatic hydroxyl groups is 1. The van der Waals surface area contributed by atoms with Gasteiger partial charge < -0.3 is 24.8 Å². The van der Waals surface area contributed by atoms with E-state index < -0.39 is 13.7 Å². The average Bonchev–Trinajstić information content (AvgIpc) is 3.36. The van der Waals surface area contributed by atoms with E-state index in [4.69, 9.17) is 9.47 Å². The summed E-state index contributed by atoms with van der Waals surface area (Å²) in [5.41, 5.74) is 1.56. The molecule has 2 aliphatic heterocycles. The number of nitrogens with one attached hydrogen (secondary N) is 1. The number of methoxy groups -OCH3 is 1. The van der Waals surface area contributed by atoms with Gasteiger partial charge in [-0.05, 0) is 54.4 Å². The standard InChI is InChI=1S/C31H36N2O5Si/c1-20-28(39(4,5)24-14-12-23(37-3)13-15-24)27(17-18-34)38-31(20)25-19-22(11-16-26(25)33(2)30(31)36)32-29(35)21-9-7-6-8-10-21/h6-16,19-20,27-28,34H,17-18H2,1-5H3,(H,32,35)/t20-,27+,28-,31+/m1/s1. The summed E-state index contributed by atoms with van der Waals surface area (Å²) in [6.07, 6.45) is 0.153. The normalized spacial score (nSPS) is 24.2. The third-order valence-electron chi connectivity index (χ3n) is 8.67. The van der Waals surface area contributed by atoms with Crippen LogP contribution in [0.3, 0.4) is 0 Å². The van der Waals surface area contributed by atoms with Crippen molar-refractivity contribution in [3.63, 3.8) is 0 Å². The van der Waals surface area contributed by atoms with Crippen LogP contribution in [0.5, 0.6) is 5.75 Å². The Kier molecular flexibility index (Phi) is 7.13. The Morgan fingerprint density at radius 2 is 1.79 bits per heavy atom. The molecular formula is C31H36N2O5Si. The molecule has 3 aromatic carbocycles. The number of fused-ring (bicyclic) bond motifs is 2. The van der Waals surface area contributed by atoms with Gasteiger partial charge in [-0.2, -0.15) is 0 Å². The molecule has 1 saturated heterocycles. The maximum Gasteiger partial charge on any atom is 0.264 e. The fourth-order valence-corrected chi connectivity index (χ4v) is 10.7. The van der Waals surface area contributed by atoms with Gasteiger partial charge in [0.2, 0.25) is 0 Å². The van der Waals surface area contributed by atoms with Crippen molar-refractivity contribution >= 4 is 36.4 Å². The fourth-order valence-electron chi connectivity index (χ4n) is 6.69. The first kappa shape index (κ1) is 27.1. The summed E-state index contributed by atoms with van der Waals surface area (Å²) in [6, 6.07) is 22.8. The molecule has 1 fully saturated rings. The van der Waals surface area contributed by atoms with Gasteiger partial charge in [-0.1, -0.05) is 55.5 Å². The second-order valence-corrected chi connectivity index (χ2v) is 15.8. The van der Waals surface area contributed by atoms with Gasteiger partial charge in [0.05, 0.1) is 27.0 Å². The van der Waals surface area contributed by atoms with Gasteiger partial charge in [-0.3, -0.25) is 9.59 Å². The molecule has 0 aromatic heterocycles. The first-order chi connectivity index (χ1) is 18.6. The number of rotatable bonds is 7. The minimum atomic E-state index is -2.23. The van der Waals surface area contributed by atoms with Crippen LogP contribution in [0, 0.1) is 5.92 Å². The number of anilines is 2. The highest BCUT2D eigenvalue weighted by Gasteiger charge is 2.65. The van der Waals surface area contributed by atoms with Crippen molar-refractivity contribution in [3.05, 3.63) is 83.9 Å². The third kappa shape index (κ3) is 4.36. The fraction of sp³-hybridized carbons (Fsp3) is 0.355. The molecule has 0 saturated carbocycles. The highest BCUT2D eigenvalue weighted by Crippen LogP contribution is 2.59. The molecule has 2 amide bonds. The molecule has 0 aliphatic carbocycles. The van der Waals surface area contributed by atoms with Crippen molar-refractivity contribution in [2.75, 3.05) is 31.0 Å². The predicted molar refractivity (Wildman–Crippen MR) is 156 cm³/mol. The molecule has 3 aromatic rings. The van der Waals surface area contributed by atoms with Crippen molar-refractivity contribution in [3.8, 4) is 5.75 Å². The number of hydrogen-bond donors (Lipinski definition) is 2. The monoisotopic (exact) mass is 544 g/mol. The maximum atomic E-state index is 14.0. The molecule has 0 radical (unpaired) electrons. The van der Waals surface area contributed by atoms with Gasteiger partial charge in [0.15, 0.2) is 5.60 Å². The van der Waals surface area contributed by atoms with Crippen LogP contribution in [0.15, 0.2) is 72.8 Å². The van der Waals surface area contributed by atoms with Crippen LogP contribution >= 0.6 is 0 Å². The second-order valence-electron chi connectivity index (χ2n) is 11.1. The average molecular weight is 545 g/mol. The van der Waals surface area contributed by atoms with E-state index in [-0.39, 0.29) is 36.0 Å². The zero-order valence-corrected chi connectivity index (χ0v) is 24.1. The summed E-state index contributed by atoms with van der Waals surface area (Å²) in [5.74, 6) is 0.316. The Labute approximate surface area is 230 Å². The number of nitrogens with zero attached hydrogens (tertiary/aromatic N) is 1. The quantitative estimate of drug-likeness (QED) is 0.427. The van der Waals surface area contributed by atoms with Crippen LogP contribution in [0.2, 0.25) is 18.6 Å². The van der Waals surface area contributed by atoms with Crippen LogP contribution in [0.4, 0.5) is 11.4 Å². The Morgan fingerprint density at radius 1 is 1.10 bits per heavy atom. The number of aliphatic hydroxyl groups excluding tert-OH is 1. The molecule has 2 N–H and O–H groups in total. The van der Waals surface area contributed by atoms with E-state index in [0.717, 1.165) is 17.0 Å². The number of benzene rings is 3. The highest BCUT2D eigenvalue weighted by atomic mass is 28.3. The van der Waals surface area contributed by atoms with E-state index in [9.17, 15) is 14.7 Å². The highest BCUT2D eigenvalue weighted by molar-refractivity contribution is 6.91. The molecular weight excluding hydrogens is 508 g/mol. The Bertz CT molecular complexity index is 1380. The van der Waals surface area contributed by atoms with E-state index in [2.05, 4.69) is 37.5 Å². The lowest BCUT2D eigenvalue weighted by molar-refractivity contribution is -0.145. The summed E-state index contributed by atoms with van der Waals surface area (Å²) >= 11 is 0. The number of hydrogen-bond acceptors (Lipinski definition) is 5. The number of carbonyl (C=O) groups is 2. The van der Waals surface area contributed by atoms with Gasteiger partial charge in [0.1, 0.15) is 5.75 Å². The Balaban J connectivity index is 1.56.